The average molecular weight is 312 g/mol. The van der Waals surface area contributed by atoms with Gasteiger partial charge in [-0.05, 0) is 43.4 Å². The van der Waals surface area contributed by atoms with E-state index in [1.54, 1.807) is 7.11 Å². The Morgan fingerprint density at radius 1 is 1.26 bits per heavy atom. The van der Waals surface area contributed by atoms with E-state index < -0.39 is 0 Å². The second-order valence-corrected chi connectivity index (χ2v) is 6.32. The molecule has 1 aliphatic carbocycles. The first-order valence-corrected chi connectivity index (χ1v) is 8.18. The maximum absolute atomic E-state index is 12.8. The van der Waals surface area contributed by atoms with Gasteiger partial charge in [-0.15, -0.1) is 0 Å². The fraction of sp³-hybridized carbons (Fsp3) is 0.444. The molecule has 5 nitrogen and oxygen atoms in total. The number of rotatable bonds is 4. The van der Waals surface area contributed by atoms with E-state index in [4.69, 9.17) is 9.26 Å². The summed E-state index contributed by atoms with van der Waals surface area (Å²) in [7, 11) is 1.66. The van der Waals surface area contributed by atoms with Crippen molar-refractivity contribution in [2.45, 2.75) is 37.6 Å². The third kappa shape index (κ3) is 2.71. The van der Waals surface area contributed by atoms with Gasteiger partial charge in [0.2, 0.25) is 0 Å². The standard InChI is InChI=1S/C18H20N2O3/c1-22-14-8-6-12(7-9-14)16-3-2-10-20(16)18(21)15-11-17(23-19-15)13-4-5-13/h6-9,11,13,16H,2-5,10H2,1H3. The molecular weight excluding hydrogens is 292 g/mol. The average Bonchev–Trinajstić information content (AvgIpc) is 3.14. The number of carbonyl (C=O) groups is 1. The molecule has 4 rings (SSSR count). The van der Waals surface area contributed by atoms with Crippen LogP contribution in [0.2, 0.25) is 0 Å². The van der Waals surface area contributed by atoms with Crippen LogP contribution >= 0.6 is 0 Å². The first-order chi connectivity index (χ1) is 11.3. The van der Waals surface area contributed by atoms with Crippen LogP contribution in [0.1, 0.15) is 59.5 Å². The molecule has 23 heavy (non-hydrogen) atoms. The molecule has 120 valence electrons. The zero-order valence-corrected chi connectivity index (χ0v) is 13.2. The van der Waals surface area contributed by atoms with Crippen LogP contribution in [0.25, 0.3) is 0 Å². The van der Waals surface area contributed by atoms with Crippen LogP contribution in [-0.4, -0.2) is 29.6 Å². The number of amides is 1. The lowest BCUT2D eigenvalue weighted by Gasteiger charge is -2.24. The van der Waals surface area contributed by atoms with E-state index in [0.29, 0.717) is 11.6 Å². The van der Waals surface area contributed by atoms with Gasteiger partial charge in [0.15, 0.2) is 5.69 Å². The zero-order chi connectivity index (χ0) is 15.8. The molecule has 1 unspecified atom stereocenters. The van der Waals surface area contributed by atoms with E-state index in [9.17, 15) is 4.79 Å². The summed E-state index contributed by atoms with van der Waals surface area (Å²) in [5.74, 6) is 2.13. The summed E-state index contributed by atoms with van der Waals surface area (Å²) in [5.41, 5.74) is 1.58. The molecule has 2 fully saturated rings. The Bertz CT molecular complexity index is 703. The van der Waals surface area contributed by atoms with Crippen LogP contribution in [0.5, 0.6) is 5.75 Å². The molecule has 0 radical (unpaired) electrons. The van der Waals surface area contributed by atoms with Gasteiger partial charge < -0.3 is 14.2 Å². The van der Waals surface area contributed by atoms with Crippen LogP contribution < -0.4 is 4.74 Å². The molecule has 0 spiro atoms. The molecule has 2 aromatic rings. The first kappa shape index (κ1) is 14.3. The van der Waals surface area contributed by atoms with Crippen molar-refractivity contribution in [2.75, 3.05) is 13.7 Å². The van der Waals surface area contributed by atoms with Crippen LogP contribution in [0.15, 0.2) is 34.9 Å². The lowest BCUT2D eigenvalue weighted by molar-refractivity contribution is 0.0725. The highest BCUT2D eigenvalue weighted by molar-refractivity contribution is 5.92. The van der Waals surface area contributed by atoms with Crippen molar-refractivity contribution in [3.63, 3.8) is 0 Å². The van der Waals surface area contributed by atoms with E-state index >= 15 is 0 Å². The van der Waals surface area contributed by atoms with Gasteiger partial charge in [-0.25, -0.2) is 0 Å². The molecule has 1 saturated heterocycles. The molecule has 2 aliphatic rings. The summed E-state index contributed by atoms with van der Waals surface area (Å²) < 4.78 is 10.5. The van der Waals surface area contributed by atoms with Crippen LogP contribution in [0.3, 0.4) is 0 Å². The molecule has 0 N–H and O–H groups in total. The Hall–Kier alpha value is -2.30. The maximum Gasteiger partial charge on any atom is 0.276 e. The van der Waals surface area contributed by atoms with Crippen molar-refractivity contribution in [3.8, 4) is 5.75 Å². The quantitative estimate of drug-likeness (QED) is 0.866. The molecule has 1 aromatic carbocycles. The minimum Gasteiger partial charge on any atom is -0.497 e. The van der Waals surface area contributed by atoms with Crippen molar-refractivity contribution in [1.82, 2.24) is 10.1 Å². The largest absolute Gasteiger partial charge is 0.497 e. The molecule has 5 heteroatoms. The van der Waals surface area contributed by atoms with Gasteiger partial charge >= 0.3 is 0 Å². The van der Waals surface area contributed by atoms with E-state index in [1.165, 1.54) is 0 Å². The smallest absolute Gasteiger partial charge is 0.276 e. The minimum atomic E-state index is -0.0287. The van der Waals surface area contributed by atoms with Gasteiger partial charge in [-0.1, -0.05) is 17.3 Å². The predicted octanol–water partition coefficient (Wildman–Crippen LogP) is 3.54. The summed E-state index contributed by atoms with van der Waals surface area (Å²) in [6.45, 7) is 0.765. The van der Waals surface area contributed by atoms with Crippen molar-refractivity contribution >= 4 is 5.91 Å². The molecule has 1 aliphatic heterocycles. The zero-order valence-electron chi connectivity index (χ0n) is 13.2. The van der Waals surface area contributed by atoms with Crippen LogP contribution in [-0.2, 0) is 0 Å². The van der Waals surface area contributed by atoms with Crippen molar-refractivity contribution in [3.05, 3.63) is 47.3 Å². The van der Waals surface area contributed by atoms with Crippen LogP contribution in [0.4, 0.5) is 0 Å². The van der Waals surface area contributed by atoms with E-state index in [0.717, 1.165) is 49.3 Å². The lowest BCUT2D eigenvalue weighted by atomic mass is 10.0. The highest BCUT2D eigenvalue weighted by atomic mass is 16.5. The monoisotopic (exact) mass is 312 g/mol. The van der Waals surface area contributed by atoms with Gasteiger partial charge in [0.1, 0.15) is 11.5 Å². The number of ether oxygens (including phenoxy) is 1. The normalized spacial score (nSPS) is 20.7. The predicted molar refractivity (Wildman–Crippen MR) is 84.5 cm³/mol. The van der Waals surface area contributed by atoms with E-state index in [1.807, 2.05) is 35.2 Å². The topological polar surface area (TPSA) is 55.6 Å². The number of aromatic nitrogens is 1. The number of likely N-dealkylation sites (tertiary alicyclic amines) is 1. The number of nitrogens with zero attached hydrogens (tertiary/aromatic N) is 2. The lowest BCUT2D eigenvalue weighted by Crippen LogP contribution is -2.30. The molecule has 1 atom stereocenters. The van der Waals surface area contributed by atoms with E-state index in [-0.39, 0.29) is 11.9 Å². The van der Waals surface area contributed by atoms with Gasteiger partial charge in [-0.2, -0.15) is 0 Å². The number of methoxy groups -OCH3 is 1. The highest BCUT2D eigenvalue weighted by Crippen LogP contribution is 2.40. The minimum absolute atomic E-state index is 0.0287. The summed E-state index contributed by atoms with van der Waals surface area (Å²) in [5, 5.41) is 3.99. The summed E-state index contributed by atoms with van der Waals surface area (Å²) in [6.07, 6.45) is 4.27. The Labute approximate surface area is 135 Å². The van der Waals surface area contributed by atoms with Gasteiger partial charge in [-0.3, -0.25) is 4.79 Å². The fourth-order valence-corrected chi connectivity index (χ4v) is 3.28. The molecule has 1 saturated carbocycles. The Balaban J connectivity index is 1.54. The SMILES string of the molecule is COc1ccc(C2CCCN2C(=O)c2cc(C3CC3)on2)cc1. The van der Waals surface area contributed by atoms with Crippen molar-refractivity contribution in [1.29, 1.82) is 0 Å². The molecule has 0 bridgehead atoms. The number of hydrogen-bond donors (Lipinski definition) is 0. The van der Waals surface area contributed by atoms with Crippen LogP contribution in [0, 0.1) is 0 Å². The molecular formula is C18H20N2O3. The fourth-order valence-electron chi connectivity index (χ4n) is 3.28. The van der Waals surface area contributed by atoms with Gasteiger partial charge in [0.25, 0.3) is 5.91 Å². The Morgan fingerprint density at radius 3 is 2.74 bits per heavy atom. The maximum atomic E-state index is 12.8. The number of hydrogen-bond acceptors (Lipinski definition) is 4. The van der Waals surface area contributed by atoms with Gasteiger partial charge in [0.05, 0.1) is 13.2 Å². The third-order valence-electron chi connectivity index (χ3n) is 4.74. The number of carbonyl (C=O) groups excluding carboxylic acids is 1. The third-order valence-corrected chi connectivity index (χ3v) is 4.74. The molecule has 2 heterocycles. The summed E-state index contributed by atoms with van der Waals surface area (Å²) in [6, 6.07) is 9.88. The highest BCUT2D eigenvalue weighted by Gasteiger charge is 2.34. The second kappa shape index (κ2) is 5.72. The van der Waals surface area contributed by atoms with E-state index in [2.05, 4.69) is 5.16 Å². The second-order valence-electron chi connectivity index (χ2n) is 6.32. The Morgan fingerprint density at radius 2 is 2.04 bits per heavy atom. The molecule has 1 aromatic heterocycles. The Kier molecular flexibility index (Phi) is 3.56. The summed E-state index contributed by atoms with van der Waals surface area (Å²) >= 11 is 0. The van der Waals surface area contributed by atoms with Crippen molar-refractivity contribution in [2.24, 2.45) is 0 Å². The summed E-state index contributed by atoms with van der Waals surface area (Å²) in [4.78, 5) is 14.7. The van der Waals surface area contributed by atoms with Crippen molar-refractivity contribution < 1.29 is 14.1 Å². The number of benzene rings is 1. The van der Waals surface area contributed by atoms with Gasteiger partial charge in [0, 0.05) is 18.5 Å². The first-order valence-electron chi connectivity index (χ1n) is 8.18. The molecule has 1 amide bonds.